The normalized spacial score (nSPS) is 11.1. The number of benzene rings is 6. The van der Waals surface area contributed by atoms with Crippen LogP contribution in [0.2, 0.25) is 0 Å². The first-order chi connectivity index (χ1) is 21.7. The summed E-state index contributed by atoms with van der Waals surface area (Å²) in [6, 6.07) is 44.8. The lowest BCUT2D eigenvalue weighted by molar-refractivity contribution is 1.18. The molecule has 0 fully saturated rings. The molecule has 0 N–H and O–H groups in total. The van der Waals surface area contributed by atoms with Crippen LogP contribution >= 0.6 is 0 Å². The SMILES string of the molecule is [C-]#[N+]c1ccc(-n2c3ccccc3c3cc(-c4cccc5c4c4ccccc4n5-c4cc(C#N)ccc4[N+]#[C-])ccc32)cc1. The Hall–Kier alpha value is -6.61. The van der Waals surface area contributed by atoms with E-state index in [1.54, 1.807) is 18.2 Å². The van der Waals surface area contributed by atoms with Crippen LogP contribution in [0.3, 0.4) is 0 Å². The average molecular weight is 560 g/mol. The first-order valence-corrected chi connectivity index (χ1v) is 14.2. The van der Waals surface area contributed by atoms with E-state index in [2.05, 4.69) is 97.7 Å². The Kier molecular flexibility index (Phi) is 5.56. The molecule has 0 aliphatic carbocycles. The van der Waals surface area contributed by atoms with Gasteiger partial charge in [-0.2, -0.15) is 5.26 Å². The van der Waals surface area contributed by atoms with Gasteiger partial charge in [0.2, 0.25) is 5.69 Å². The van der Waals surface area contributed by atoms with Gasteiger partial charge < -0.3 is 9.13 Å². The number of nitriles is 1. The number of hydrogen-bond donors (Lipinski definition) is 0. The Morgan fingerprint density at radius 1 is 0.568 bits per heavy atom. The average Bonchev–Trinajstić information content (AvgIpc) is 3.60. The Morgan fingerprint density at radius 2 is 1.27 bits per heavy atom. The maximum absolute atomic E-state index is 9.65. The lowest BCUT2D eigenvalue weighted by Crippen LogP contribution is -1.95. The Balaban J connectivity index is 1.41. The van der Waals surface area contributed by atoms with Crippen LogP contribution in [0.5, 0.6) is 0 Å². The van der Waals surface area contributed by atoms with Crippen molar-refractivity contribution in [3.05, 3.63) is 156 Å². The lowest BCUT2D eigenvalue weighted by Gasteiger charge is -2.11. The van der Waals surface area contributed by atoms with Gasteiger partial charge in [0.05, 0.1) is 52.5 Å². The van der Waals surface area contributed by atoms with Crippen LogP contribution in [0.15, 0.2) is 127 Å². The number of fused-ring (bicyclic) bond motifs is 6. The lowest BCUT2D eigenvalue weighted by atomic mass is 9.98. The summed E-state index contributed by atoms with van der Waals surface area (Å²) in [6.07, 6.45) is 0. The molecule has 8 rings (SSSR count). The Morgan fingerprint density at radius 3 is 2.02 bits per heavy atom. The first-order valence-electron chi connectivity index (χ1n) is 14.2. The Labute approximate surface area is 253 Å². The highest BCUT2D eigenvalue weighted by Crippen LogP contribution is 2.42. The maximum atomic E-state index is 9.65. The summed E-state index contributed by atoms with van der Waals surface area (Å²) in [7, 11) is 0. The molecular formula is C39H21N5. The second kappa shape index (κ2) is 9.74. The fourth-order valence-corrected chi connectivity index (χ4v) is 6.48. The molecule has 0 spiro atoms. The van der Waals surface area contributed by atoms with E-state index in [4.69, 9.17) is 13.1 Å². The summed E-state index contributed by atoms with van der Waals surface area (Å²) < 4.78 is 4.36. The summed E-state index contributed by atoms with van der Waals surface area (Å²) in [5.74, 6) is 0. The molecule has 0 amide bonds. The van der Waals surface area contributed by atoms with Crippen LogP contribution in [0.25, 0.3) is 75.8 Å². The zero-order valence-corrected chi connectivity index (χ0v) is 23.4. The number of rotatable bonds is 3. The van der Waals surface area contributed by atoms with Gasteiger partial charge in [-0.15, -0.1) is 0 Å². The van der Waals surface area contributed by atoms with Crippen LogP contribution < -0.4 is 0 Å². The fraction of sp³-hybridized carbons (Fsp3) is 0. The zero-order chi connectivity index (χ0) is 29.8. The van der Waals surface area contributed by atoms with Crippen molar-refractivity contribution in [1.29, 1.82) is 5.26 Å². The van der Waals surface area contributed by atoms with E-state index in [9.17, 15) is 5.26 Å². The third-order valence-electron chi connectivity index (χ3n) is 8.38. The summed E-state index contributed by atoms with van der Waals surface area (Å²) in [5, 5.41) is 14.1. The molecule has 0 aliphatic rings. The molecule has 0 saturated heterocycles. The molecule has 2 aromatic heterocycles. The molecule has 5 heteroatoms. The molecule has 44 heavy (non-hydrogen) atoms. The highest BCUT2D eigenvalue weighted by atomic mass is 15.0. The fourth-order valence-electron chi connectivity index (χ4n) is 6.48. The molecule has 0 radical (unpaired) electrons. The van der Waals surface area contributed by atoms with Gasteiger partial charge in [-0.3, -0.25) is 0 Å². The molecule has 0 bridgehead atoms. The second-order valence-corrected chi connectivity index (χ2v) is 10.7. The molecule has 0 saturated carbocycles. The van der Waals surface area contributed by atoms with Crippen LogP contribution in [0.1, 0.15) is 5.56 Å². The van der Waals surface area contributed by atoms with Gasteiger partial charge in [0.15, 0.2) is 5.69 Å². The zero-order valence-electron chi connectivity index (χ0n) is 23.4. The van der Waals surface area contributed by atoms with E-state index in [-0.39, 0.29) is 0 Å². The topological polar surface area (TPSA) is 42.4 Å². The molecule has 6 aromatic carbocycles. The molecule has 0 unspecified atom stereocenters. The molecule has 202 valence electrons. The monoisotopic (exact) mass is 559 g/mol. The molecule has 0 aliphatic heterocycles. The van der Waals surface area contributed by atoms with Crippen molar-refractivity contribution in [3.63, 3.8) is 0 Å². The van der Waals surface area contributed by atoms with E-state index >= 15 is 0 Å². The number of aromatic nitrogens is 2. The third kappa shape index (κ3) is 3.63. The minimum absolute atomic E-state index is 0.496. The molecule has 8 aromatic rings. The summed E-state index contributed by atoms with van der Waals surface area (Å²) in [6.45, 7) is 15.2. The molecular weight excluding hydrogens is 538 g/mol. The van der Waals surface area contributed by atoms with Gasteiger partial charge >= 0.3 is 0 Å². The van der Waals surface area contributed by atoms with Gasteiger partial charge in [0.1, 0.15) is 0 Å². The molecule has 2 heterocycles. The van der Waals surface area contributed by atoms with E-state index < -0.39 is 0 Å². The van der Waals surface area contributed by atoms with Crippen molar-refractivity contribution < 1.29 is 0 Å². The van der Waals surface area contributed by atoms with E-state index in [1.165, 1.54) is 0 Å². The van der Waals surface area contributed by atoms with Crippen LogP contribution in [0, 0.1) is 24.5 Å². The summed E-state index contributed by atoms with van der Waals surface area (Å²) in [4.78, 5) is 7.36. The van der Waals surface area contributed by atoms with Crippen molar-refractivity contribution in [1.82, 2.24) is 9.13 Å². The van der Waals surface area contributed by atoms with Gasteiger partial charge in [-0.05, 0) is 59.7 Å². The highest BCUT2D eigenvalue weighted by molar-refractivity contribution is 6.17. The van der Waals surface area contributed by atoms with Crippen molar-refractivity contribution >= 4 is 55.0 Å². The van der Waals surface area contributed by atoms with E-state index in [0.717, 1.165) is 60.4 Å². The van der Waals surface area contributed by atoms with Gasteiger partial charge in [-0.25, -0.2) is 9.69 Å². The number of para-hydroxylation sites is 2. The first kappa shape index (κ1) is 25.1. The predicted molar refractivity (Wildman–Crippen MR) is 178 cm³/mol. The molecule has 0 atom stereocenters. The van der Waals surface area contributed by atoms with Crippen molar-refractivity contribution in [2.75, 3.05) is 0 Å². The van der Waals surface area contributed by atoms with Crippen LogP contribution in [-0.4, -0.2) is 9.13 Å². The molecule has 5 nitrogen and oxygen atoms in total. The van der Waals surface area contributed by atoms with Gasteiger partial charge in [-0.1, -0.05) is 78.9 Å². The maximum Gasteiger partial charge on any atom is 0.210 e. The second-order valence-electron chi connectivity index (χ2n) is 10.7. The minimum atomic E-state index is 0.496. The van der Waals surface area contributed by atoms with Gasteiger partial charge in [0.25, 0.3) is 0 Å². The predicted octanol–water partition coefficient (Wildman–Crippen LogP) is 10.5. The summed E-state index contributed by atoms with van der Waals surface area (Å²) >= 11 is 0. The largest absolute Gasteiger partial charge is 0.319 e. The van der Waals surface area contributed by atoms with E-state index in [1.807, 2.05) is 36.4 Å². The third-order valence-corrected chi connectivity index (χ3v) is 8.38. The standard InChI is InChI=1S/C39H21N5/c1-41-27-16-18-28(19-17-27)43-34-11-5-3-8-30(34)32-23-26(15-21-36(32)43)29-10-7-13-37-39(29)31-9-4-6-12-35(31)44(37)38-22-25(24-40)14-20-33(38)42-2/h3-23H. The van der Waals surface area contributed by atoms with Crippen molar-refractivity contribution in [2.24, 2.45) is 0 Å². The quantitative estimate of drug-likeness (QED) is 0.199. The smallest absolute Gasteiger partial charge is 0.210 e. The van der Waals surface area contributed by atoms with Crippen LogP contribution in [-0.2, 0) is 0 Å². The summed E-state index contributed by atoms with van der Waals surface area (Å²) in [5.41, 5.74) is 9.68. The van der Waals surface area contributed by atoms with Crippen LogP contribution in [0.4, 0.5) is 11.4 Å². The van der Waals surface area contributed by atoms with E-state index in [0.29, 0.717) is 22.6 Å². The highest BCUT2D eigenvalue weighted by Gasteiger charge is 2.19. The van der Waals surface area contributed by atoms with Crippen molar-refractivity contribution in [2.45, 2.75) is 0 Å². The van der Waals surface area contributed by atoms with Gasteiger partial charge in [0, 0.05) is 27.2 Å². The number of nitrogens with zero attached hydrogens (tertiary/aromatic N) is 5. The Bertz CT molecular complexity index is 2580. The van der Waals surface area contributed by atoms with Crippen molar-refractivity contribution in [3.8, 4) is 28.6 Å². The number of hydrogen-bond acceptors (Lipinski definition) is 1. The minimum Gasteiger partial charge on any atom is -0.319 e.